The normalized spacial score (nSPS) is 10.9. The summed E-state index contributed by atoms with van der Waals surface area (Å²) in [6.07, 6.45) is 1.57. The van der Waals surface area contributed by atoms with E-state index in [1.54, 1.807) is 20.1 Å². The van der Waals surface area contributed by atoms with Crippen LogP contribution in [0.5, 0.6) is 0 Å². The standard InChI is InChI=1S/C15H13NO4/c1-3-18-15(17)13-9(2)16-14(20-13)11-8-19-12-7-5-4-6-10(11)12/h4-8H,3H2,1-2H3. The van der Waals surface area contributed by atoms with Crippen LogP contribution in [0.15, 0.2) is 39.4 Å². The number of hydrogen-bond acceptors (Lipinski definition) is 5. The van der Waals surface area contributed by atoms with Gasteiger partial charge in [-0.15, -0.1) is 0 Å². The van der Waals surface area contributed by atoms with Crippen LogP contribution in [0.4, 0.5) is 0 Å². The Labute approximate surface area is 115 Å². The fraction of sp³-hybridized carbons (Fsp3) is 0.200. The van der Waals surface area contributed by atoms with E-state index in [1.807, 2.05) is 24.3 Å². The molecule has 0 saturated heterocycles. The minimum atomic E-state index is -0.503. The Morgan fingerprint density at radius 3 is 2.95 bits per heavy atom. The minimum absolute atomic E-state index is 0.132. The summed E-state index contributed by atoms with van der Waals surface area (Å²) in [4.78, 5) is 16.0. The van der Waals surface area contributed by atoms with E-state index >= 15 is 0 Å². The van der Waals surface area contributed by atoms with Crippen LogP contribution < -0.4 is 0 Å². The molecule has 5 heteroatoms. The predicted octanol–water partition coefficient (Wildman–Crippen LogP) is 3.57. The average Bonchev–Trinajstić information content (AvgIpc) is 3.02. The molecule has 0 aliphatic carbocycles. The number of fused-ring (bicyclic) bond motifs is 1. The molecule has 0 aliphatic heterocycles. The van der Waals surface area contributed by atoms with E-state index in [-0.39, 0.29) is 5.76 Å². The summed E-state index contributed by atoms with van der Waals surface area (Å²) in [5.74, 6) is -0.0146. The first-order valence-electron chi connectivity index (χ1n) is 6.32. The molecule has 3 aromatic rings. The lowest BCUT2D eigenvalue weighted by molar-refractivity contribution is 0.0490. The Morgan fingerprint density at radius 2 is 2.15 bits per heavy atom. The molecule has 0 bridgehead atoms. The quantitative estimate of drug-likeness (QED) is 0.681. The number of carbonyl (C=O) groups is 1. The number of ether oxygens (including phenoxy) is 1. The van der Waals surface area contributed by atoms with E-state index in [0.717, 1.165) is 16.5 Å². The molecule has 3 rings (SSSR count). The molecular weight excluding hydrogens is 258 g/mol. The molecule has 0 N–H and O–H groups in total. The van der Waals surface area contributed by atoms with Gasteiger partial charge in [0.15, 0.2) is 0 Å². The molecule has 0 fully saturated rings. The van der Waals surface area contributed by atoms with E-state index in [0.29, 0.717) is 18.2 Å². The van der Waals surface area contributed by atoms with Crippen LogP contribution >= 0.6 is 0 Å². The lowest BCUT2D eigenvalue weighted by Gasteiger charge is -1.97. The van der Waals surface area contributed by atoms with Crippen molar-refractivity contribution in [2.45, 2.75) is 13.8 Å². The highest BCUT2D eigenvalue weighted by atomic mass is 16.5. The summed E-state index contributed by atoms with van der Waals surface area (Å²) in [6, 6.07) is 7.57. The first-order chi connectivity index (χ1) is 9.70. The number of rotatable bonds is 3. The van der Waals surface area contributed by atoms with Gasteiger partial charge in [0.2, 0.25) is 11.7 Å². The van der Waals surface area contributed by atoms with Crippen LogP contribution in [0.2, 0.25) is 0 Å². The van der Waals surface area contributed by atoms with Crippen molar-refractivity contribution in [1.29, 1.82) is 0 Å². The lowest BCUT2D eigenvalue weighted by Crippen LogP contribution is -2.04. The van der Waals surface area contributed by atoms with Crippen molar-refractivity contribution in [2.75, 3.05) is 6.61 Å². The minimum Gasteiger partial charge on any atom is -0.463 e. The van der Waals surface area contributed by atoms with Crippen LogP contribution in [0.1, 0.15) is 23.2 Å². The van der Waals surface area contributed by atoms with Crippen LogP contribution in [-0.4, -0.2) is 17.6 Å². The molecule has 0 unspecified atom stereocenters. The Hall–Kier alpha value is -2.56. The van der Waals surface area contributed by atoms with Crippen molar-refractivity contribution in [1.82, 2.24) is 4.98 Å². The zero-order valence-corrected chi connectivity index (χ0v) is 11.2. The zero-order chi connectivity index (χ0) is 14.1. The number of hydrogen-bond donors (Lipinski definition) is 0. The van der Waals surface area contributed by atoms with E-state index < -0.39 is 5.97 Å². The Balaban J connectivity index is 2.07. The van der Waals surface area contributed by atoms with Gasteiger partial charge in [-0.05, 0) is 19.9 Å². The van der Waals surface area contributed by atoms with Gasteiger partial charge >= 0.3 is 5.97 Å². The van der Waals surface area contributed by atoms with Crippen molar-refractivity contribution in [3.8, 4) is 11.5 Å². The summed E-state index contributed by atoms with van der Waals surface area (Å²) >= 11 is 0. The number of aromatic nitrogens is 1. The number of esters is 1. The summed E-state index contributed by atoms with van der Waals surface area (Å²) in [7, 11) is 0. The van der Waals surface area contributed by atoms with Gasteiger partial charge in [-0.2, -0.15) is 0 Å². The summed E-state index contributed by atoms with van der Waals surface area (Å²) in [5, 5.41) is 0.893. The highest BCUT2D eigenvalue weighted by molar-refractivity contribution is 5.93. The van der Waals surface area contributed by atoms with Crippen LogP contribution in [0, 0.1) is 6.92 Å². The van der Waals surface area contributed by atoms with Gasteiger partial charge in [-0.25, -0.2) is 9.78 Å². The van der Waals surface area contributed by atoms with Crippen molar-refractivity contribution in [3.63, 3.8) is 0 Å². The Bertz CT molecular complexity index is 769. The molecule has 0 radical (unpaired) electrons. The van der Waals surface area contributed by atoms with E-state index in [4.69, 9.17) is 13.6 Å². The van der Waals surface area contributed by atoms with E-state index in [2.05, 4.69) is 4.98 Å². The van der Waals surface area contributed by atoms with E-state index in [1.165, 1.54) is 0 Å². The molecule has 102 valence electrons. The second-order valence-electron chi connectivity index (χ2n) is 4.30. The van der Waals surface area contributed by atoms with Gasteiger partial charge in [-0.1, -0.05) is 18.2 Å². The molecule has 2 heterocycles. The molecule has 2 aromatic heterocycles. The van der Waals surface area contributed by atoms with Gasteiger partial charge in [0.1, 0.15) is 11.8 Å². The first kappa shape index (κ1) is 12.5. The Morgan fingerprint density at radius 1 is 1.35 bits per heavy atom. The molecule has 5 nitrogen and oxygen atoms in total. The van der Waals surface area contributed by atoms with Gasteiger partial charge in [-0.3, -0.25) is 0 Å². The maximum Gasteiger partial charge on any atom is 0.376 e. The molecule has 0 spiro atoms. The maximum atomic E-state index is 11.7. The van der Waals surface area contributed by atoms with Crippen molar-refractivity contribution >= 4 is 16.9 Å². The number of carbonyl (C=O) groups excluding carboxylic acids is 1. The molecule has 1 aromatic carbocycles. The van der Waals surface area contributed by atoms with Crippen LogP contribution in [-0.2, 0) is 4.74 Å². The van der Waals surface area contributed by atoms with E-state index in [9.17, 15) is 4.79 Å². The third kappa shape index (κ3) is 1.97. The predicted molar refractivity (Wildman–Crippen MR) is 72.4 cm³/mol. The summed E-state index contributed by atoms with van der Waals surface area (Å²) < 4.78 is 15.9. The van der Waals surface area contributed by atoms with Crippen molar-refractivity contribution < 1.29 is 18.4 Å². The fourth-order valence-corrected chi connectivity index (χ4v) is 2.04. The second-order valence-corrected chi connectivity index (χ2v) is 4.30. The highest BCUT2D eigenvalue weighted by Gasteiger charge is 2.21. The van der Waals surface area contributed by atoms with Gasteiger partial charge in [0.25, 0.3) is 0 Å². The number of furan rings is 1. The molecule has 0 saturated carbocycles. The smallest absolute Gasteiger partial charge is 0.376 e. The summed E-state index contributed by atoms with van der Waals surface area (Å²) in [6.45, 7) is 3.75. The molecule has 20 heavy (non-hydrogen) atoms. The van der Waals surface area contributed by atoms with Crippen molar-refractivity contribution in [2.24, 2.45) is 0 Å². The molecule has 0 amide bonds. The third-order valence-corrected chi connectivity index (χ3v) is 2.97. The zero-order valence-electron chi connectivity index (χ0n) is 11.2. The number of benzene rings is 1. The molecule has 0 aliphatic rings. The van der Waals surface area contributed by atoms with Crippen LogP contribution in [0.25, 0.3) is 22.4 Å². The highest BCUT2D eigenvalue weighted by Crippen LogP contribution is 2.31. The average molecular weight is 271 g/mol. The lowest BCUT2D eigenvalue weighted by atomic mass is 10.2. The number of aryl methyl sites for hydroxylation is 1. The SMILES string of the molecule is CCOC(=O)c1oc(-c2coc3ccccc23)nc1C. The maximum absolute atomic E-state index is 11.7. The third-order valence-electron chi connectivity index (χ3n) is 2.97. The number of nitrogens with zero attached hydrogens (tertiary/aromatic N) is 1. The van der Waals surface area contributed by atoms with Gasteiger partial charge in [0, 0.05) is 5.39 Å². The van der Waals surface area contributed by atoms with Gasteiger partial charge < -0.3 is 13.6 Å². The fourth-order valence-electron chi connectivity index (χ4n) is 2.04. The molecule has 0 atom stereocenters. The largest absolute Gasteiger partial charge is 0.463 e. The topological polar surface area (TPSA) is 65.5 Å². The monoisotopic (exact) mass is 271 g/mol. The second kappa shape index (κ2) is 4.85. The van der Waals surface area contributed by atoms with Crippen molar-refractivity contribution in [3.05, 3.63) is 42.0 Å². The molecular formula is C15H13NO4. The Kier molecular flexibility index (Phi) is 3.02. The van der Waals surface area contributed by atoms with Crippen LogP contribution in [0.3, 0.4) is 0 Å². The first-order valence-corrected chi connectivity index (χ1v) is 6.32. The van der Waals surface area contributed by atoms with Gasteiger partial charge in [0.05, 0.1) is 17.9 Å². The number of oxazole rings is 1. The number of para-hydroxylation sites is 1. The summed E-state index contributed by atoms with van der Waals surface area (Å²) in [5.41, 5.74) is 1.97.